The molecule has 0 spiro atoms. The van der Waals surface area contributed by atoms with Crippen molar-refractivity contribution in [3.63, 3.8) is 0 Å². The SMILES string of the molecule is CCOc1ccc(/C=C/C(=O)N2CCCC(C)(O)C2)cc1. The summed E-state index contributed by atoms with van der Waals surface area (Å²) in [5.41, 5.74) is 0.191. The summed E-state index contributed by atoms with van der Waals surface area (Å²) in [4.78, 5) is 13.8. The molecule has 4 heteroatoms. The van der Waals surface area contributed by atoms with Crippen LogP contribution in [0.1, 0.15) is 32.3 Å². The second-order valence-corrected chi connectivity index (χ2v) is 5.70. The maximum Gasteiger partial charge on any atom is 0.246 e. The van der Waals surface area contributed by atoms with E-state index >= 15 is 0 Å². The van der Waals surface area contributed by atoms with Gasteiger partial charge in [0.05, 0.1) is 12.2 Å². The van der Waals surface area contributed by atoms with Crippen molar-refractivity contribution in [2.75, 3.05) is 19.7 Å². The number of ether oxygens (including phenoxy) is 1. The van der Waals surface area contributed by atoms with E-state index in [-0.39, 0.29) is 5.91 Å². The highest BCUT2D eigenvalue weighted by molar-refractivity contribution is 5.91. The molecule has 2 rings (SSSR count). The second-order valence-electron chi connectivity index (χ2n) is 5.70. The highest BCUT2D eigenvalue weighted by Crippen LogP contribution is 2.20. The van der Waals surface area contributed by atoms with Crippen LogP contribution >= 0.6 is 0 Å². The molecule has 114 valence electrons. The highest BCUT2D eigenvalue weighted by atomic mass is 16.5. The van der Waals surface area contributed by atoms with Crippen LogP contribution in [0.15, 0.2) is 30.3 Å². The van der Waals surface area contributed by atoms with Gasteiger partial charge in [-0.2, -0.15) is 0 Å². The molecule has 0 bridgehead atoms. The van der Waals surface area contributed by atoms with Gasteiger partial charge in [0, 0.05) is 19.2 Å². The smallest absolute Gasteiger partial charge is 0.246 e. The van der Waals surface area contributed by atoms with Gasteiger partial charge in [0.15, 0.2) is 0 Å². The van der Waals surface area contributed by atoms with Crippen molar-refractivity contribution in [2.45, 2.75) is 32.3 Å². The van der Waals surface area contributed by atoms with Crippen molar-refractivity contribution in [1.82, 2.24) is 4.90 Å². The average Bonchev–Trinajstić information content (AvgIpc) is 2.45. The van der Waals surface area contributed by atoms with Gasteiger partial charge in [0.2, 0.25) is 5.91 Å². The molecule has 21 heavy (non-hydrogen) atoms. The monoisotopic (exact) mass is 289 g/mol. The van der Waals surface area contributed by atoms with Crippen LogP contribution in [-0.2, 0) is 4.79 Å². The van der Waals surface area contributed by atoms with E-state index in [4.69, 9.17) is 4.74 Å². The molecule has 0 aromatic heterocycles. The van der Waals surface area contributed by atoms with Crippen LogP contribution in [0, 0.1) is 0 Å². The molecular weight excluding hydrogens is 266 g/mol. The maximum atomic E-state index is 12.1. The number of nitrogens with zero attached hydrogens (tertiary/aromatic N) is 1. The number of hydrogen-bond acceptors (Lipinski definition) is 3. The average molecular weight is 289 g/mol. The van der Waals surface area contributed by atoms with Crippen LogP contribution in [-0.4, -0.2) is 41.2 Å². The number of benzene rings is 1. The van der Waals surface area contributed by atoms with Gasteiger partial charge in [0.25, 0.3) is 0 Å². The molecule has 1 saturated heterocycles. The van der Waals surface area contributed by atoms with Crippen LogP contribution < -0.4 is 4.74 Å². The Bertz CT molecular complexity index is 505. The molecule has 0 saturated carbocycles. The predicted molar refractivity (Wildman–Crippen MR) is 83.1 cm³/mol. The predicted octanol–water partition coefficient (Wildman–Crippen LogP) is 2.47. The van der Waals surface area contributed by atoms with Crippen molar-refractivity contribution < 1.29 is 14.6 Å². The molecular formula is C17H23NO3. The zero-order valence-corrected chi connectivity index (χ0v) is 12.7. The Kier molecular flexibility index (Phi) is 5.02. The largest absolute Gasteiger partial charge is 0.494 e. The summed E-state index contributed by atoms with van der Waals surface area (Å²) in [5.74, 6) is 0.775. The summed E-state index contributed by atoms with van der Waals surface area (Å²) in [5, 5.41) is 10.0. The molecule has 1 aliphatic rings. The van der Waals surface area contributed by atoms with Crippen LogP contribution in [0.5, 0.6) is 5.75 Å². The van der Waals surface area contributed by atoms with Crippen molar-refractivity contribution >= 4 is 12.0 Å². The van der Waals surface area contributed by atoms with E-state index in [9.17, 15) is 9.90 Å². The molecule has 1 aromatic rings. The van der Waals surface area contributed by atoms with E-state index < -0.39 is 5.60 Å². The fourth-order valence-electron chi connectivity index (χ4n) is 2.52. The fraction of sp³-hybridized carbons (Fsp3) is 0.471. The van der Waals surface area contributed by atoms with Crippen molar-refractivity contribution in [2.24, 2.45) is 0 Å². The Morgan fingerprint density at radius 1 is 1.43 bits per heavy atom. The highest BCUT2D eigenvalue weighted by Gasteiger charge is 2.29. The number of carbonyl (C=O) groups is 1. The number of carbonyl (C=O) groups excluding carboxylic acids is 1. The number of likely N-dealkylation sites (tertiary alicyclic amines) is 1. The lowest BCUT2D eigenvalue weighted by Crippen LogP contribution is -2.48. The Balaban J connectivity index is 1.95. The van der Waals surface area contributed by atoms with Crippen molar-refractivity contribution in [3.8, 4) is 5.75 Å². The summed E-state index contributed by atoms with van der Waals surface area (Å²) in [6.07, 6.45) is 4.95. The van der Waals surface area contributed by atoms with Gasteiger partial charge in [0.1, 0.15) is 5.75 Å². The summed E-state index contributed by atoms with van der Waals surface area (Å²) in [6.45, 7) is 5.48. The summed E-state index contributed by atoms with van der Waals surface area (Å²) >= 11 is 0. The topological polar surface area (TPSA) is 49.8 Å². The summed E-state index contributed by atoms with van der Waals surface area (Å²) in [7, 11) is 0. The van der Waals surface area contributed by atoms with Crippen LogP contribution in [0.25, 0.3) is 6.08 Å². The van der Waals surface area contributed by atoms with Gasteiger partial charge in [-0.15, -0.1) is 0 Å². The molecule has 4 nitrogen and oxygen atoms in total. The Morgan fingerprint density at radius 2 is 2.14 bits per heavy atom. The molecule has 1 N–H and O–H groups in total. The quantitative estimate of drug-likeness (QED) is 0.866. The number of aliphatic hydroxyl groups is 1. The maximum absolute atomic E-state index is 12.1. The molecule has 1 amide bonds. The molecule has 0 radical (unpaired) electrons. The van der Waals surface area contributed by atoms with Gasteiger partial charge in [-0.05, 0) is 50.5 Å². The van der Waals surface area contributed by atoms with Crippen LogP contribution in [0.3, 0.4) is 0 Å². The first-order valence-electron chi connectivity index (χ1n) is 7.42. The van der Waals surface area contributed by atoms with Gasteiger partial charge in [-0.25, -0.2) is 0 Å². The molecule has 1 heterocycles. The third kappa shape index (κ3) is 4.60. The van der Waals surface area contributed by atoms with E-state index in [0.717, 1.165) is 24.2 Å². The number of rotatable bonds is 4. The number of β-amino-alcohol motifs (C(OH)–C–C–N with tert-alkyl or cyclic N) is 1. The standard InChI is InChI=1S/C17H23NO3/c1-3-21-15-8-5-14(6-9-15)7-10-16(19)18-12-4-11-17(2,20)13-18/h5-10,20H,3-4,11-13H2,1-2H3/b10-7+. The first kappa shape index (κ1) is 15.6. The van der Waals surface area contributed by atoms with E-state index in [2.05, 4.69) is 0 Å². The van der Waals surface area contributed by atoms with Gasteiger partial charge in [-0.1, -0.05) is 12.1 Å². The van der Waals surface area contributed by atoms with Crippen molar-refractivity contribution in [3.05, 3.63) is 35.9 Å². The third-order valence-electron chi connectivity index (χ3n) is 3.60. The minimum absolute atomic E-state index is 0.0520. The van der Waals surface area contributed by atoms with Crippen LogP contribution in [0.2, 0.25) is 0 Å². The Labute approximate surface area is 126 Å². The third-order valence-corrected chi connectivity index (χ3v) is 3.60. The molecule has 1 aliphatic heterocycles. The van der Waals surface area contributed by atoms with E-state index in [1.807, 2.05) is 31.2 Å². The lowest BCUT2D eigenvalue weighted by atomic mass is 9.95. The number of amides is 1. The Morgan fingerprint density at radius 3 is 2.76 bits per heavy atom. The Hall–Kier alpha value is -1.81. The molecule has 1 atom stereocenters. The molecule has 1 unspecified atom stereocenters. The summed E-state index contributed by atoms with van der Waals surface area (Å²) < 4.78 is 5.38. The second kappa shape index (κ2) is 6.76. The molecule has 0 aliphatic carbocycles. The first-order chi connectivity index (χ1) is 10.00. The lowest BCUT2D eigenvalue weighted by Gasteiger charge is -2.36. The zero-order valence-electron chi connectivity index (χ0n) is 12.7. The minimum atomic E-state index is -0.763. The normalized spacial score (nSPS) is 22.5. The molecule has 1 fully saturated rings. The number of hydrogen-bond donors (Lipinski definition) is 1. The summed E-state index contributed by atoms with van der Waals surface area (Å²) in [6, 6.07) is 7.61. The number of piperidine rings is 1. The van der Waals surface area contributed by atoms with E-state index in [1.54, 1.807) is 24.0 Å². The van der Waals surface area contributed by atoms with Gasteiger partial charge in [-0.3, -0.25) is 4.79 Å². The lowest BCUT2D eigenvalue weighted by molar-refractivity contribution is -0.132. The van der Waals surface area contributed by atoms with E-state index in [1.165, 1.54) is 0 Å². The first-order valence-corrected chi connectivity index (χ1v) is 7.42. The zero-order chi connectivity index (χ0) is 15.3. The van der Waals surface area contributed by atoms with E-state index in [0.29, 0.717) is 19.7 Å². The molecule has 1 aromatic carbocycles. The van der Waals surface area contributed by atoms with Crippen LogP contribution in [0.4, 0.5) is 0 Å². The van der Waals surface area contributed by atoms with Crippen molar-refractivity contribution in [1.29, 1.82) is 0 Å². The van der Waals surface area contributed by atoms with Gasteiger partial charge < -0.3 is 14.7 Å². The minimum Gasteiger partial charge on any atom is -0.494 e. The fourth-order valence-corrected chi connectivity index (χ4v) is 2.52. The van der Waals surface area contributed by atoms with Gasteiger partial charge >= 0.3 is 0 Å².